The van der Waals surface area contributed by atoms with E-state index in [9.17, 15) is 4.79 Å². The number of hydrogen-bond acceptors (Lipinski definition) is 5. The summed E-state index contributed by atoms with van der Waals surface area (Å²) in [6.45, 7) is 6.13. The zero-order valence-electron chi connectivity index (χ0n) is 17.2. The molecule has 1 aromatic heterocycles. The molecule has 156 valence electrons. The van der Waals surface area contributed by atoms with Gasteiger partial charge in [-0.05, 0) is 48.9 Å². The Bertz CT molecular complexity index is 1200. The Morgan fingerprint density at radius 3 is 2.68 bits per heavy atom. The van der Waals surface area contributed by atoms with Gasteiger partial charge in [0.1, 0.15) is 15.8 Å². The molecule has 0 N–H and O–H groups in total. The molecule has 1 saturated heterocycles. The minimum absolute atomic E-state index is 0.111. The standard InChI is InChI=1S/C24H21N3O2S2/c1-4-12-26-23(28)21(31-24(26)30)14-17-15-27(18-8-6-5-7-9-18)25-22(17)20-11-10-19(29-3)13-16(20)2/h4-11,13-15H,1,12H2,2-3H3. The van der Waals surface area contributed by atoms with Gasteiger partial charge in [0.25, 0.3) is 5.91 Å². The van der Waals surface area contributed by atoms with E-state index in [2.05, 4.69) is 6.58 Å². The number of rotatable bonds is 6. The summed E-state index contributed by atoms with van der Waals surface area (Å²) >= 11 is 6.68. The Balaban J connectivity index is 1.83. The number of thiocarbonyl (C=S) groups is 1. The molecule has 1 amide bonds. The van der Waals surface area contributed by atoms with Crippen LogP contribution < -0.4 is 4.74 Å². The molecule has 1 fully saturated rings. The first-order chi connectivity index (χ1) is 15.0. The molecule has 5 nitrogen and oxygen atoms in total. The quantitative estimate of drug-likeness (QED) is 0.294. The van der Waals surface area contributed by atoms with Crippen molar-refractivity contribution in [2.75, 3.05) is 13.7 Å². The first kappa shape index (κ1) is 21.1. The van der Waals surface area contributed by atoms with Crippen molar-refractivity contribution in [1.82, 2.24) is 14.7 Å². The maximum atomic E-state index is 12.8. The molecular formula is C24H21N3O2S2. The number of hydrogen-bond donors (Lipinski definition) is 0. The van der Waals surface area contributed by atoms with E-state index in [0.717, 1.165) is 33.8 Å². The average molecular weight is 448 g/mol. The molecule has 2 heterocycles. The second kappa shape index (κ2) is 8.91. The smallest absolute Gasteiger partial charge is 0.266 e. The van der Waals surface area contributed by atoms with E-state index in [1.165, 1.54) is 11.8 Å². The Morgan fingerprint density at radius 1 is 1.23 bits per heavy atom. The molecule has 0 aliphatic carbocycles. The van der Waals surface area contributed by atoms with Crippen molar-refractivity contribution in [2.45, 2.75) is 6.92 Å². The minimum Gasteiger partial charge on any atom is -0.497 e. The molecule has 0 bridgehead atoms. The van der Waals surface area contributed by atoms with Gasteiger partial charge in [0, 0.05) is 23.9 Å². The summed E-state index contributed by atoms with van der Waals surface area (Å²) in [5, 5.41) is 4.86. The van der Waals surface area contributed by atoms with Crippen LogP contribution in [-0.2, 0) is 4.79 Å². The molecule has 1 aliphatic rings. The van der Waals surface area contributed by atoms with Gasteiger partial charge in [-0.3, -0.25) is 9.69 Å². The molecule has 0 spiro atoms. The van der Waals surface area contributed by atoms with Crippen LogP contribution in [0.5, 0.6) is 5.75 Å². The number of aromatic nitrogens is 2. The maximum Gasteiger partial charge on any atom is 0.266 e. The number of carbonyl (C=O) groups excluding carboxylic acids is 1. The molecule has 7 heteroatoms. The minimum atomic E-state index is -0.111. The zero-order chi connectivity index (χ0) is 22.0. The highest BCUT2D eigenvalue weighted by Gasteiger charge is 2.31. The van der Waals surface area contributed by atoms with E-state index in [1.54, 1.807) is 18.1 Å². The monoisotopic (exact) mass is 447 g/mol. The number of thioether (sulfide) groups is 1. The molecule has 2 aromatic carbocycles. The molecule has 3 aromatic rings. The van der Waals surface area contributed by atoms with E-state index < -0.39 is 0 Å². The van der Waals surface area contributed by atoms with Crippen LogP contribution >= 0.6 is 24.0 Å². The highest BCUT2D eigenvalue weighted by Crippen LogP contribution is 2.36. The number of methoxy groups -OCH3 is 1. The predicted molar refractivity (Wildman–Crippen MR) is 130 cm³/mol. The van der Waals surface area contributed by atoms with Crippen LogP contribution in [0, 0.1) is 6.92 Å². The van der Waals surface area contributed by atoms with Gasteiger partial charge in [-0.2, -0.15) is 5.10 Å². The number of para-hydroxylation sites is 1. The van der Waals surface area contributed by atoms with E-state index in [4.69, 9.17) is 22.1 Å². The molecule has 1 aliphatic heterocycles. The van der Waals surface area contributed by atoms with Crippen LogP contribution in [-0.4, -0.2) is 38.6 Å². The van der Waals surface area contributed by atoms with Gasteiger partial charge in [-0.25, -0.2) is 4.68 Å². The molecular weight excluding hydrogens is 426 g/mol. The lowest BCUT2D eigenvalue weighted by atomic mass is 10.0. The Morgan fingerprint density at radius 2 is 2.00 bits per heavy atom. The third-order valence-electron chi connectivity index (χ3n) is 4.92. The lowest BCUT2D eigenvalue weighted by Gasteiger charge is -2.10. The average Bonchev–Trinajstić information content (AvgIpc) is 3.31. The number of aryl methyl sites for hydroxylation is 1. The highest BCUT2D eigenvalue weighted by molar-refractivity contribution is 8.26. The van der Waals surface area contributed by atoms with Crippen molar-refractivity contribution in [3.8, 4) is 22.7 Å². The Kier molecular flexibility index (Phi) is 6.06. The van der Waals surface area contributed by atoms with Gasteiger partial charge in [0.05, 0.1) is 17.7 Å². The normalized spacial score (nSPS) is 15.0. The van der Waals surface area contributed by atoms with Crippen molar-refractivity contribution in [2.24, 2.45) is 0 Å². The first-order valence-corrected chi connectivity index (χ1v) is 10.9. The first-order valence-electron chi connectivity index (χ1n) is 9.68. The van der Waals surface area contributed by atoms with Crippen molar-refractivity contribution in [3.63, 3.8) is 0 Å². The summed E-state index contributed by atoms with van der Waals surface area (Å²) in [6.07, 6.45) is 5.48. The number of carbonyl (C=O) groups is 1. The second-order valence-electron chi connectivity index (χ2n) is 6.98. The van der Waals surface area contributed by atoms with Crippen LogP contribution in [0.15, 0.2) is 72.3 Å². The number of ether oxygens (including phenoxy) is 1. The summed E-state index contributed by atoms with van der Waals surface area (Å²) in [7, 11) is 1.65. The third-order valence-corrected chi connectivity index (χ3v) is 6.30. The summed E-state index contributed by atoms with van der Waals surface area (Å²) in [5.74, 6) is 0.676. The van der Waals surface area contributed by atoms with E-state index >= 15 is 0 Å². The fourth-order valence-electron chi connectivity index (χ4n) is 3.37. The maximum absolute atomic E-state index is 12.8. The Labute approximate surface area is 191 Å². The van der Waals surface area contributed by atoms with Crippen molar-refractivity contribution in [1.29, 1.82) is 0 Å². The Hall–Kier alpha value is -3.16. The summed E-state index contributed by atoms with van der Waals surface area (Å²) in [4.78, 5) is 15.0. The van der Waals surface area contributed by atoms with Gasteiger partial charge < -0.3 is 4.74 Å². The third kappa shape index (κ3) is 4.19. The molecule has 0 saturated carbocycles. The van der Waals surface area contributed by atoms with Gasteiger partial charge in [0.2, 0.25) is 0 Å². The topological polar surface area (TPSA) is 47.4 Å². The van der Waals surface area contributed by atoms with Crippen LogP contribution in [0.25, 0.3) is 23.0 Å². The summed E-state index contributed by atoms with van der Waals surface area (Å²) in [6, 6.07) is 15.8. The van der Waals surface area contributed by atoms with Crippen LogP contribution in [0.1, 0.15) is 11.1 Å². The van der Waals surface area contributed by atoms with Gasteiger partial charge in [0.15, 0.2) is 0 Å². The molecule has 31 heavy (non-hydrogen) atoms. The second-order valence-corrected chi connectivity index (χ2v) is 8.65. The number of nitrogens with zero attached hydrogens (tertiary/aromatic N) is 3. The number of benzene rings is 2. The van der Waals surface area contributed by atoms with Crippen LogP contribution in [0.2, 0.25) is 0 Å². The van der Waals surface area contributed by atoms with Crippen molar-refractivity contribution >= 4 is 40.3 Å². The van der Waals surface area contributed by atoms with Gasteiger partial charge in [-0.1, -0.05) is 48.3 Å². The van der Waals surface area contributed by atoms with Crippen LogP contribution in [0.4, 0.5) is 0 Å². The van der Waals surface area contributed by atoms with Crippen molar-refractivity contribution in [3.05, 3.63) is 83.4 Å². The molecule has 0 radical (unpaired) electrons. The van der Waals surface area contributed by atoms with E-state index in [0.29, 0.717) is 15.8 Å². The molecule has 0 unspecified atom stereocenters. The largest absolute Gasteiger partial charge is 0.497 e. The highest BCUT2D eigenvalue weighted by atomic mass is 32.2. The van der Waals surface area contributed by atoms with Gasteiger partial charge >= 0.3 is 0 Å². The zero-order valence-corrected chi connectivity index (χ0v) is 18.9. The predicted octanol–water partition coefficient (Wildman–Crippen LogP) is 5.24. The van der Waals surface area contributed by atoms with Crippen LogP contribution in [0.3, 0.4) is 0 Å². The fraction of sp³-hybridized carbons (Fsp3) is 0.125. The van der Waals surface area contributed by atoms with E-state index in [1.807, 2.05) is 72.4 Å². The molecule has 4 rings (SSSR count). The fourth-order valence-corrected chi connectivity index (χ4v) is 4.64. The van der Waals surface area contributed by atoms with Gasteiger partial charge in [-0.15, -0.1) is 6.58 Å². The molecule has 0 atom stereocenters. The lowest BCUT2D eigenvalue weighted by molar-refractivity contribution is -0.121. The number of amides is 1. The van der Waals surface area contributed by atoms with Crippen molar-refractivity contribution < 1.29 is 9.53 Å². The SMILES string of the molecule is C=CCN1C(=O)C(=Cc2cn(-c3ccccc3)nc2-c2ccc(OC)cc2C)SC1=S. The summed E-state index contributed by atoms with van der Waals surface area (Å²) < 4.78 is 7.71. The summed E-state index contributed by atoms with van der Waals surface area (Å²) in [5.41, 5.74) is 4.58. The van der Waals surface area contributed by atoms with E-state index in [-0.39, 0.29) is 5.91 Å². The lowest BCUT2D eigenvalue weighted by Crippen LogP contribution is -2.27.